The van der Waals surface area contributed by atoms with E-state index in [0.717, 1.165) is 16.3 Å². The van der Waals surface area contributed by atoms with Gasteiger partial charge in [-0.3, -0.25) is 0 Å². The summed E-state index contributed by atoms with van der Waals surface area (Å²) >= 11 is 0. The number of fused-ring (bicyclic) bond motifs is 1. The molecule has 0 aliphatic carbocycles. The zero-order valence-electron chi connectivity index (χ0n) is 11.7. The molecule has 2 aromatic carbocycles. The molecule has 1 heterocycles. The molecular formula is C16H13NO3RhS. The summed E-state index contributed by atoms with van der Waals surface area (Å²) in [6, 6.07) is 14.1. The van der Waals surface area contributed by atoms with Crippen molar-refractivity contribution >= 4 is 27.0 Å². The topological polar surface area (TPSA) is 57.8 Å². The van der Waals surface area contributed by atoms with E-state index in [4.69, 9.17) is 4.42 Å². The molecular weight excluding hydrogens is 389 g/mol. The van der Waals surface area contributed by atoms with Crippen molar-refractivity contribution in [1.29, 1.82) is 0 Å². The van der Waals surface area contributed by atoms with Crippen molar-refractivity contribution < 1.29 is 32.3 Å². The van der Waals surface area contributed by atoms with Gasteiger partial charge >= 0.3 is 0 Å². The van der Waals surface area contributed by atoms with E-state index in [0.29, 0.717) is 5.76 Å². The minimum Gasteiger partial charge on any atom is -0.311 e. The second-order valence-corrected chi connectivity index (χ2v) is 6.34. The molecule has 0 amide bonds. The molecule has 4 nitrogen and oxygen atoms in total. The summed E-state index contributed by atoms with van der Waals surface area (Å²) in [4.78, 5) is 0.167. The van der Waals surface area contributed by atoms with E-state index in [1.54, 1.807) is 30.5 Å². The number of benzene rings is 2. The van der Waals surface area contributed by atoms with E-state index >= 15 is 0 Å². The van der Waals surface area contributed by atoms with Crippen molar-refractivity contribution in [2.45, 2.75) is 11.8 Å². The fourth-order valence-electron chi connectivity index (χ4n) is 2.00. The third-order valence-corrected chi connectivity index (χ3v) is 4.42. The van der Waals surface area contributed by atoms with Gasteiger partial charge in [-0.1, -0.05) is 29.8 Å². The van der Waals surface area contributed by atoms with Crippen molar-refractivity contribution in [1.82, 2.24) is 0 Å². The summed E-state index contributed by atoms with van der Waals surface area (Å²) in [5, 5.41) is 1.74. The summed E-state index contributed by atoms with van der Waals surface area (Å²) < 4.78 is 33.3. The SMILES string of the molecule is Cc1ccc(S(=O)(=O)/N=C\[c-]2[o+]cc3ccccc32)cc1.[Rh]. The monoisotopic (exact) mass is 402 g/mol. The average molecular weight is 402 g/mol. The average Bonchev–Trinajstić information content (AvgIpc) is 2.89. The second kappa shape index (κ2) is 6.55. The maximum absolute atomic E-state index is 12.1. The molecule has 0 spiro atoms. The predicted molar refractivity (Wildman–Crippen MR) is 82.2 cm³/mol. The number of nitrogens with zero attached hydrogens (tertiary/aromatic N) is 1. The number of aryl methyl sites for hydroxylation is 1. The van der Waals surface area contributed by atoms with Gasteiger partial charge in [0.2, 0.25) is 6.26 Å². The van der Waals surface area contributed by atoms with Crippen molar-refractivity contribution in [2.24, 2.45) is 4.40 Å². The Bertz CT molecular complexity index is 912. The molecule has 3 rings (SSSR count). The van der Waals surface area contributed by atoms with Crippen LogP contribution in [-0.4, -0.2) is 14.6 Å². The minimum atomic E-state index is -3.71. The fourth-order valence-corrected chi connectivity index (χ4v) is 2.84. The van der Waals surface area contributed by atoms with E-state index in [9.17, 15) is 8.42 Å². The minimum absolute atomic E-state index is 0. The van der Waals surface area contributed by atoms with Crippen LogP contribution in [0.2, 0.25) is 0 Å². The Morgan fingerprint density at radius 3 is 2.50 bits per heavy atom. The third-order valence-electron chi connectivity index (χ3n) is 3.17. The Morgan fingerprint density at radius 2 is 1.77 bits per heavy atom. The maximum Gasteiger partial charge on any atom is 0.285 e. The molecule has 6 heteroatoms. The van der Waals surface area contributed by atoms with Crippen LogP contribution in [0.5, 0.6) is 0 Å². The molecule has 0 fully saturated rings. The first kappa shape index (κ1) is 16.6. The molecule has 0 saturated heterocycles. The molecule has 0 atom stereocenters. The molecule has 1 aromatic heterocycles. The number of hydrogen-bond donors (Lipinski definition) is 0. The van der Waals surface area contributed by atoms with E-state index in [1.165, 1.54) is 6.21 Å². The van der Waals surface area contributed by atoms with Gasteiger partial charge in [0, 0.05) is 19.5 Å². The van der Waals surface area contributed by atoms with Gasteiger partial charge < -0.3 is 4.42 Å². The van der Waals surface area contributed by atoms with Crippen LogP contribution < -0.4 is 0 Å². The largest absolute Gasteiger partial charge is 0.311 e. The van der Waals surface area contributed by atoms with Gasteiger partial charge in [-0.15, -0.1) is 12.1 Å². The van der Waals surface area contributed by atoms with Crippen LogP contribution in [0.3, 0.4) is 0 Å². The normalized spacial score (nSPS) is 11.7. The van der Waals surface area contributed by atoms with Crippen LogP contribution in [-0.2, 0) is 29.5 Å². The Kier molecular flexibility index (Phi) is 4.94. The summed E-state index contributed by atoms with van der Waals surface area (Å²) in [6.45, 7) is 1.90. The molecule has 0 saturated carbocycles. The zero-order chi connectivity index (χ0) is 14.9. The van der Waals surface area contributed by atoms with Gasteiger partial charge in [0.1, 0.15) is 6.21 Å². The zero-order valence-corrected chi connectivity index (χ0v) is 14.1. The van der Waals surface area contributed by atoms with E-state index in [1.807, 2.05) is 31.2 Å². The predicted octanol–water partition coefficient (Wildman–Crippen LogP) is 3.55. The number of hydrogen-bond acceptors (Lipinski definition) is 2. The first-order valence-electron chi connectivity index (χ1n) is 6.39. The summed E-state index contributed by atoms with van der Waals surface area (Å²) in [5.41, 5.74) is 0.995. The second-order valence-electron chi connectivity index (χ2n) is 4.71. The van der Waals surface area contributed by atoms with Crippen molar-refractivity contribution in [3.8, 4) is 0 Å². The molecule has 0 bridgehead atoms. The van der Waals surface area contributed by atoms with Gasteiger partial charge in [0.15, 0.2) is 0 Å². The quantitative estimate of drug-likeness (QED) is 0.292. The summed E-state index contributed by atoms with van der Waals surface area (Å²) in [7, 11) is -3.71. The summed E-state index contributed by atoms with van der Waals surface area (Å²) in [5.74, 6) is 0.432. The molecule has 0 N–H and O–H groups in total. The summed E-state index contributed by atoms with van der Waals surface area (Å²) in [6.07, 6.45) is 2.83. The van der Waals surface area contributed by atoms with E-state index < -0.39 is 10.0 Å². The molecule has 22 heavy (non-hydrogen) atoms. The Balaban J connectivity index is 0.00000176. The van der Waals surface area contributed by atoms with Crippen molar-refractivity contribution in [3.05, 3.63) is 66.1 Å². The van der Waals surface area contributed by atoms with Crippen LogP contribution in [0.25, 0.3) is 10.8 Å². The maximum atomic E-state index is 12.1. The van der Waals surface area contributed by atoms with Crippen LogP contribution in [0.15, 0.2) is 68.5 Å². The molecule has 0 aliphatic rings. The van der Waals surface area contributed by atoms with Crippen LogP contribution >= 0.6 is 0 Å². The van der Waals surface area contributed by atoms with E-state index in [-0.39, 0.29) is 24.4 Å². The van der Waals surface area contributed by atoms with Crippen molar-refractivity contribution in [2.75, 3.05) is 0 Å². The number of furan rings is 1. The van der Waals surface area contributed by atoms with Crippen molar-refractivity contribution in [3.63, 3.8) is 0 Å². The molecule has 3 aromatic rings. The molecule has 1 radical (unpaired) electrons. The first-order chi connectivity index (χ1) is 10.1. The molecule has 0 unspecified atom stereocenters. The number of rotatable bonds is 3. The van der Waals surface area contributed by atoms with E-state index in [2.05, 4.69) is 4.40 Å². The Hall–Kier alpha value is -1.78. The Labute approximate surface area is 141 Å². The number of sulfonamides is 1. The van der Waals surface area contributed by atoms with Crippen LogP contribution in [0.1, 0.15) is 11.3 Å². The third kappa shape index (κ3) is 3.34. The van der Waals surface area contributed by atoms with Gasteiger partial charge in [-0.2, -0.15) is 12.8 Å². The van der Waals surface area contributed by atoms with Gasteiger partial charge in [-0.25, -0.2) is 0 Å². The standard InChI is InChI=1S/C16H13NO3S.Rh/c1-12-6-8-14(9-7-12)21(18,19)17-10-16-15-5-3-2-4-13(15)11-20-16;/h2-11H,1H3;/b17-10-;. The van der Waals surface area contributed by atoms with Gasteiger partial charge in [0.25, 0.3) is 15.8 Å². The van der Waals surface area contributed by atoms with Gasteiger partial charge in [0.05, 0.1) is 4.90 Å². The fraction of sp³-hybridized carbons (Fsp3) is 0.0625. The smallest absolute Gasteiger partial charge is 0.285 e. The molecule has 0 aliphatic heterocycles. The van der Waals surface area contributed by atoms with Crippen LogP contribution in [0.4, 0.5) is 0 Å². The Morgan fingerprint density at radius 1 is 1.09 bits per heavy atom. The van der Waals surface area contributed by atoms with Crippen LogP contribution in [0, 0.1) is 6.92 Å². The molecule has 115 valence electrons. The first-order valence-corrected chi connectivity index (χ1v) is 7.83. The van der Waals surface area contributed by atoms with Gasteiger partial charge in [-0.05, 0) is 29.8 Å².